The number of hydrogen-bond acceptors (Lipinski definition) is 2. The summed E-state index contributed by atoms with van der Waals surface area (Å²) in [7, 11) is 3.38. The van der Waals surface area contributed by atoms with E-state index in [0.29, 0.717) is 5.56 Å². The van der Waals surface area contributed by atoms with Crippen LogP contribution in [0.3, 0.4) is 0 Å². The number of hydrogen-bond donors (Lipinski definition) is 1. The van der Waals surface area contributed by atoms with Crippen LogP contribution in [0.5, 0.6) is 0 Å². The summed E-state index contributed by atoms with van der Waals surface area (Å²) in [5.74, 6) is -0.308. The molecule has 17 heavy (non-hydrogen) atoms. The largest absolute Gasteiger partial charge is 0.348 e. The highest BCUT2D eigenvalue weighted by Gasteiger charge is 2.13. The van der Waals surface area contributed by atoms with Gasteiger partial charge in [-0.25, -0.2) is 4.39 Å². The third kappa shape index (κ3) is 4.09. The normalized spacial score (nSPS) is 12.3. The maximum atomic E-state index is 13.5. The first-order valence-corrected chi connectivity index (χ1v) is 6.09. The molecule has 0 heterocycles. The molecule has 0 aromatic heterocycles. The molecule has 0 aliphatic carbocycles. The average molecular weight is 303 g/mol. The van der Waals surface area contributed by atoms with Gasteiger partial charge < -0.3 is 10.2 Å². The van der Waals surface area contributed by atoms with Crippen molar-refractivity contribution in [1.82, 2.24) is 10.2 Å². The first kappa shape index (κ1) is 14.1. The van der Waals surface area contributed by atoms with Crippen LogP contribution in [-0.2, 0) is 4.79 Å². The number of amides is 1. The molecule has 1 rings (SSSR count). The highest BCUT2D eigenvalue weighted by atomic mass is 79.9. The van der Waals surface area contributed by atoms with Crippen molar-refractivity contribution in [2.75, 3.05) is 20.6 Å². The summed E-state index contributed by atoms with van der Waals surface area (Å²) >= 11 is 3.30. The van der Waals surface area contributed by atoms with E-state index in [9.17, 15) is 9.18 Å². The monoisotopic (exact) mass is 302 g/mol. The maximum Gasteiger partial charge on any atom is 0.236 e. The number of benzene rings is 1. The van der Waals surface area contributed by atoms with Crippen LogP contribution in [0.25, 0.3) is 0 Å². The zero-order chi connectivity index (χ0) is 13.0. The van der Waals surface area contributed by atoms with Crippen molar-refractivity contribution in [2.45, 2.75) is 13.0 Å². The minimum Gasteiger partial charge on any atom is -0.348 e. The lowest BCUT2D eigenvalue weighted by molar-refractivity contribution is -0.127. The first-order valence-electron chi connectivity index (χ1n) is 5.30. The molecule has 0 saturated carbocycles. The van der Waals surface area contributed by atoms with E-state index in [1.54, 1.807) is 26.2 Å². The molecule has 1 atom stereocenters. The lowest BCUT2D eigenvalue weighted by Gasteiger charge is -2.17. The molecule has 0 fully saturated rings. The van der Waals surface area contributed by atoms with Gasteiger partial charge in [0.1, 0.15) is 5.82 Å². The Kier molecular flexibility index (Phi) is 5.08. The summed E-state index contributed by atoms with van der Waals surface area (Å²) in [5, 5.41) is 3.00. The van der Waals surface area contributed by atoms with Crippen LogP contribution in [0.4, 0.5) is 4.39 Å². The predicted octanol–water partition coefficient (Wildman–Crippen LogP) is 2.33. The zero-order valence-corrected chi connectivity index (χ0v) is 11.7. The van der Waals surface area contributed by atoms with Gasteiger partial charge in [0.25, 0.3) is 0 Å². The van der Waals surface area contributed by atoms with Crippen LogP contribution in [0.15, 0.2) is 22.7 Å². The number of halogens is 2. The van der Waals surface area contributed by atoms with Gasteiger partial charge in [0.2, 0.25) is 5.91 Å². The number of carbonyl (C=O) groups is 1. The Balaban J connectivity index is 2.67. The van der Waals surface area contributed by atoms with E-state index in [1.807, 2.05) is 6.92 Å². The van der Waals surface area contributed by atoms with Gasteiger partial charge in [-0.1, -0.05) is 15.9 Å². The van der Waals surface area contributed by atoms with Gasteiger partial charge in [-0.2, -0.15) is 0 Å². The van der Waals surface area contributed by atoms with E-state index >= 15 is 0 Å². The van der Waals surface area contributed by atoms with Crippen LogP contribution in [0.2, 0.25) is 0 Å². The summed E-state index contributed by atoms with van der Waals surface area (Å²) in [4.78, 5) is 12.9. The molecule has 0 aliphatic rings. The third-order valence-corrected chi connectivity index (χ3v) is 2.98. The van der Waals surface area contributed by atoms with Gasteiger partial charge in [-0.3, -0.25) is 4.79 Å². The molecule has 0 radical (unpaired) electrons. The van der Waals surface area contributed by atoms with Crippen molar-refractivity contribution < 1.29 is 9.18 Å². The van der Waals surface area contributed by atoms with Crippen LogP contribution >= 0.6 is 15.9 Å². The van der Waals surface area contributed by atoms with Crippen molar-refractivity contribution in [3.05, 3.63) is 34.1 Å². The van der Waals surface area contributed by atoms with E-state index in [0.717, 1.165) is 4.47 Å². The van der Waals surface area contributed by atoms with Crippen molar-refractivity contribution in [3.8, 4) is 0 Å². The Hall–Kier alpha value is -0.940. The summed E-state index contributed by atoms with van der Waals surface area (Å²) in [5.41, 5.74) is 0.547. The van der Waals surface area contributed by atoms with Gasteiger partial charge >= 0.3 is 0 Å². The minimum atomic E-state index is -0.273. The standard InChI is InChI=1S/C12H16BrFN2O/c1-8(15-7-12(17)16(2)3)10-6-9(13)4-5-11(10)14/h4-6,8,15H,7H2,1-3H3. The highest BCUT2D eigenvalue weighted by Crippen LogP contribution is 2.21. The fraction of sp³-hybridized carbons (Fsp3) is 0.417. The number of nitrogens with one attached hydrogen (secondary N) is 1. The Bertz CT molecular complexity index is 409. The van der Waals surface area contributed by atoms with Gasteiger partial charge in [-0.15, -0.1) is 0 Å². The summed E-state index contributed by atoms with van der Waals surface area (Å²) in [6, 6.07) is 4.56. The van der Waals surface area contributed by atoms with Crippen molar-refractivity contribution in [1.29, 1.82) is 0 Å². The molecule has 1 aromatic carbocycles. The van der Waals surface area contributed by atoms with Crippen LogP contribution < -0.4 is 5.32 Å². The Morgan fingerprint density at radius 1 is 1.53 bits per heavy atom. The van der Waals surface area contributed by atoms with Gasteiger partial charge in [0.05, 0.1) is 6.54 Å². The maximum absolute atomic E-state index is 13.5. The molecule has 1 unspecified atom stereocenters. The first-order chi connectivity index (χ1) is 7.91. The Morgan fingerprint density at radius 2 is 2.18 bits per heavy atom. The second-order valence-corrected chi connectivity index (χ2v) is 4.97. The van der Waals surface area contributed by atoms with Crippen molar-refractivity contribution in [3.63, 3.8) is 0 Å². The molecular formula is C12H16BrFN2O. The fourth-order valence-electron chi connectivity index (χ4n) is 1.35. The van der Waals surface area contributed by atoms with Crippen LogP contribution in [-0.4, -0.2) is 31.4 Å². The lowest BCUT2D eigenvalue weighted by Crippen LogP contribution is -2.34. The molecule has 0 bridgehead atoms. The van der Waals surface area contributed by atoms with Gasteiger partial charge in [0.15, 0.2) is 0 Å². The Morgan fingerprint density at radius 3 is 2.76 bits per heavy atom. The molecule has 94 valence electrons. The van der Waals surface area contributed by atoms with E-state index in [2.05, 4.69) is 21.2 Å². The third-order valence-electron chi connectivity index (χ3n) is 2.48. The van der Waals surface area contributed by atoms with E-state index in [-0.39, 0.29) is 24.3 Å². The number of likely N-dealkylation sites (N-methyl/N-ethyl adjacent to an activating group) is 1. The van der Waals surface area contributed by atoms with Crippen LogP contribution in [0.1, 0.15) is 18.5 Å². The molecular weight excluding hydrogens is 287 g/mol. The number of rotatable bonds is 4. The molecule has 1 amide bonds. The fourth-order valence-corrected chi connectivity index (χ4v) is 1.73. The predicted molar refractivity (Wildman–Crippen MR) is 69.2 cm³/mol. The summed E-state index contributed by atoms with van der Waals surface area (Å²) < 4.78 is 14.4. The second kappa shape index (κ2) is 6.12. The average Bonchev–Trinajstić information content (AvgIpc) is 2.28. The lowest BCUT2D eigenvalue weighted by atomic mass is 10.1. The second-order valence-electron chi connectivity index (χ2n) is 4.06. The topological polar surface area (TPSA) is 32.3 Å². The quantitative estimate of drug-likeness (QED) is 0.926. The minimum absolute atomic E-state index is 0.0349. The van der Waals surface area contributed by atoms with Gasteiger partial charge in [0, 0.05) is 30.2 Å². The van der Waals surface area contributed by atoms with Gasteiger partial charge in [-0.05, 0) is 25.1 Å². The van der Waals surface area contributed by atoms with Crippen molar-refractivity contribution >= 4 is 21.8 Å². The molecule has 0 spiro atoms. The number of nitrogens with zero attached hydrogens (tertiary/aromatic N) is 1. The SMILES string of the molecule is CC(NCC(=O)N(C)C)c1cc(Br)ccc1F. The molecule has 1 N–H and O–H groups in total. The van der Waals surface area contributed by atoms with E-state index < -0.39 is 0 Å². The summed E-state index contributed by atoms with van der Waals surface area (Å²) in [6.45, 7) is 2.02. The van der Waals surface area contributed by atoms with E-state index in [4.69, 9.17) is 0 Å². The summed E-state index contributed by atoms with van der Waals surface area (Å²) in [6.07, 6.45) is 0. The molecule has 5 heteroatoms. The molecule has 3 nitrogen and oxygen atoms in total. The van der Waals surface area contributed by atoms with Crippen molar-refractivity contribution in [2.24, 2.45) is 0 Å². The molecule has 0 aliphatic heterocycles. The zero-order valence-electron chi connectivity index (χ0n) is 10.1. The smallest absolute Gasteiger partial charge is 0.236 e. The molecule has 1 aromatic rings. The molecule has 0 saturated heterocycles. The Labute approximate surface area is 109 Å². The highest BCUT2D eigenvalue weighted by molar-refractivity contribution is 9.10. The number of carbonyl (C=O) groups excluding carboxylic acids is 1. The van der Waals surface area contributed by atoms with Crippen LogP contribution in [0, 0.1) is 5.82 Å². The van der Waals surface area contributed by atoms with E-state index in [1.165, 1.54) is 11.0 Å².